The molecule has 0 radical (unpaired) electrons. The zero-order valence-corrected chi connectivity index (χ0v) is 24.7. The molecule has 5 aromatic rings. The molecule has 0 aliphatic carbocycles. The molecule has 7 rings (SSSR count). The van der Waals surface area contributed by atoms with E-state index in [4.69, 9.17) is 14.2 Å². The maximum absolute atomic E-state index is 15.5. The van der Waals surface area contributed by atoms with Gasteiger partial charge in [0.05, 0.1) is 28.3 Å². The quantitative estimate of drug-likeness (QED) is 0.285. The Morgan fingerprint density at radius 1 is 1.09 bits per heavy atom. The van der Waals surface area contributed by atoms with Gasteiger partial charge in [0.1, 0.15) is 48.0 Å². The molecule has 44 heavy (non-hydrogen) atoms. The summed E-state index contributed by atoms with van der Waals surface area (Å²) in [4.78, 5) is 30.0. The van der Waals surface area contributed by atoms with Gasteiger partial charge in [0.2, 0.25) is 0 Å². The number of pyridine rings is 1. The van der Waals surface area contributed by atoms with Gasteiger partial charge in [-0.15, -0.1) is 0 Å². The molecule has 1 atom stereocenters. The molecular weight excluding hydrogens is 567 g/mol. The lowest BCUT2D eigenvalue weighted by atomic mass is 10.1. The molecule has 0 saturated carbocycles. The maximum Gasteiger partial charge on any atom is 0.410 e. The van der Waals surface area contributed by atoms with Crippen molar-refractivity contribution in [3.05, 3.63) is 66.6 Å². The minimum Gasteiger partial charge on any atom is -0.488 e. The van der Waals surface area contributed by atoms with Crippen molar-refractivity contribution >= 4 is 39.8 Å². The van der Waals surface area contributed by atoms with Crippen LogP contribution in [-0.4, -0.2) is 73.4 Å². The van der Waals surface area contributed by atoms with Crippen LogP contribution in [0, 0.1) is 12.7 Å². The summed E-state index contributed by atoms with van der Waals surface area (Å²) in [5.41, 5.74) is 2.47. The van der Waals surface area contributed by atoms with Crippen LogP contribution in [-0.2, 0) is 4.74 Å². The molecule has 0 spiro atoms. The first-order valence-electron chi connectivity index (χ1n) is 14.3. The summed E-state index contributed by atoms with van der Waals surface area (Å²) in [7, 11) is 0. The van der Waals surface area contributed by atoms with E-state index in [1.165, 1.54) is 18.7 Å². The molecule has 1 saturated heterocycles. The minimum absolute atomic E-state index is 0.208. The second kappa shape index (κ2) is 10.5. The number of benzene rings is 2. The van der Waals surface area contributed by atoms with Crippen LogP contribution >= 0.6 is 0 Å². The molecule has 2 aromatic carbocycles. The monoisotopic (exact) mass is 598 g/mol. The fourth-order valence-corrected chi connectivity index (χ4v) is 5.54. The first-order valence-corrected chi connectivity index (χ1v) is 14.3. The number of halogens is 1. The highest BCUT2D eigenvalue weighted by Crippen LogP contribution is 2.42. The zero-order chi connectivity index (χ0) is 30.6. The average Bonchev–Trinajstić information content (AvgIpc) is 3.40. The number of aryl methyl sites for hydroxylation is 1. The van der Waals surface area contributed by atoms with Gasteiger partial charge >= 0.3 is 6.09 Å². The number of fused-ring (bicyclic) bond motifs is 7. The zero-order valence-electron chi connectivity index (χ0n) is 24.7. The number of anilines is 3. The number of nitrogens with one attached hydrogen (secondary N) is 1. The number of amides is 1. The van der Waals surface area contributed by atoms with Crippen molar-refractivity contribution in [3.8, 4) is 17.2 Å². The Kier molecular flexibility index (Phi) is 6.60. The fourth-order valence-electron chi connectivity index (χ4n) is 5.54. The predicted octanol–water partition coefficient (Wildman–Crippen LogP) is 5.47. The molecule has 2 aliphatic heterocycles. The lowest BCUT2D eigenvalue weighted by Gasteiger charge is -2.40. The summed E-state index contributed by atoms with van der Waals surface area (Å²) in [6.07, 6.45) is 4.25. The van der Waals surface area contributed by atoms with Crippen molar-refractivity contribution in [2.75, 3.05) is 36.5 Å². The van der Waals surface area contributed by atoms with Crippen LogP contribution in [0.1, 0.15) is 26.3 Å². The largest absolute Gasteiger partial charge is 0.488 e. The van der Waals surface area contributed by atoms with E-state index in [2.05, 4.69) is 30.3 Å². The van der Waals surface area contributed by atoms with Gasteiger partial charge in [0.25, 0.3) is 0 Å². The van der Waals surface area contributed by atoms with E-state index in [-0.39, 0.29) is 24.4 Å². The number of hydrogen-bond donors (Lipinski definition) is 1. The average molecular weight is 599 g/mol. The fraction of sp³-hybridized carbons (Fsp3) is 0.323. The van der Waals surface area contributed by atoms with Crippen LogP contribution < -0.4 is 19.7 Å². The van der Waals surface area contributed by atoms with Gasteiger partial charge in [-0.25, -0.2) is 28.7 Å². The van der Waals surface area contributed by atoms with Gasteiger partial charge in [0.15, 0.2) is 11.4 Å². The number of rotatable bonds is 4. The van der Waals surface area contributed by atoms with Crippen LogP contribution in [0.15, 0.2) is 55.2 Å². The third-order valence-electron chi connectivity index (χ3n) is 7.60. The van der Waals surface area contributed by atoms with Gasteiger partial charge in [-0.1, -0.05) is 0 Å². The first kappa shape index (κ1) is 27.6. The number of carbonyl (C=O) groups is 1. The number of carbonyl (C=O) groups excluding carboxylic acids is 1. The second-order valence-electron chi connectivity index (χ2n) is 11.9. The first-order chi connectivity index (χ1) is 21.1. The van der Waals surface area contributed by atoms with Crippen LogP contribution in [0.3, 0.4) is 0 Å². The third-order valence-corrected chi connectivity index (χ3v) is 7.60. The lowest BCUT2D eigenvalue weighted by molar-refractivity contribution is 0.00980. The standard InChI is InChI=1S/C31H31FN8O4/c1-18-11-23(21(32)13-25(18)43-20-7-8-40-26(12-20)34-17-36-40)37-29-27-22(33-16-35-29)5-6-24-28(27)42-15-19-14-38(24)9-10-39(19)30(41)44-31(2,3)4/h5-8,11-13,16-17,19H,9-10,14-15H2,1-4H3,(H,33,35,37)/t19-/m1/s1. The SMILES string of the molecule is Cc1cc(Nc2ncnc3ccc4c(c23)OC[C@H]2CN4CCN2C(=O)OC(C)(C)C)c(F)cc1Oc1ccn2ncnc2c1. The Morgan fingerprint density at radius 2 is 1.95 bits per heavy atom. The molecular formula is C31H31FN8O4. The van der Waals surface area contributed by atoms with E-state index in [0.717, 1.165) is 5.69 Å². The van der Waals surface area contributed by atoms with E-state index in [9.17, 15) is 4.79 Å². The molecule has 12 nitrogen and oxygen atoms in total. The number of hydrogen-bond acceptors (Lipinski definition) is 10. The Balaban J connectivity index is 1.18. The number of aromatic nitrogens is 5. The highest BCUT2D eigenvalue weighted by atomic mass is 19.1. The number of ether oxygens (including phenoxy) is 3. The molecule has 1 N–H and O–H groups in total. The van der Waals surface area contributed by atoms with Gasteiger partial charge in [-0.3, -0.25) is 4.90 Å². The molecule has 5 heterocycles. The Morgan fingerprint density at radius 3 is 2.80 bits per heavy atom. The highest BCUT2D eigenvalue weighted by Gasteiger charge is 2.37. The van der Waals surface area contributed by atoms with Crippen molar-refractivity contribution in [1.29, 1.82) is 0 Å². The Labute approximate surface area is 252 Å². The minimum atomic E-state index is -0.596. The number of piperazine rings is 1. The van der Waals surface area contributed by atoms with Crippen molar-refractivity contribution < 1.29 is 23.4 Å². The maximum atomic E-state index is 15.5. The molecule has 1 fully saturated rings. The van der Waals surface area contributed by atoms with Gasteiger partial charge in [-0.2, -0.15) is 5.10 Å². The van der Waals surface area contributed by atoms with Crippen LogP contribution in [0.25, 0.3) is 16.6 Å². The van der Waals surface area contributed by atoms with Crippen molar-refractivity contribution in [2.24, 2.45) is 0 Å². The van der Waals surface area contributed by atoms with Gasteiger partial charge in [0, 0.05) is 38.0 Å². The molecule has 13 heteroatoms. The second-order valence-corrected chi connectivity index (χ2v) is 11.9. The molecule has 2 bridgehead atoms. The van der Waals surface area contributed by atoms with Gasteiger partial charge < -0.3 is 24.4 Å². The Bertz CT molecular complexity index is 1910. The van der Waals surface area contributed by atoms with Crippen molar-refractivity contribution in [2.45, 2.75) is 39.3 Å². The van der Waals surface area contributed by atoms with E-state index >= 15 is 4.39 Å². The van der Waals surface area contributed by atoms with E-state index in [1.54, 1.807) is 33.8 Å². The van der Waals surface area contributed by atoms with Crippen LogP contribution in [0.4, 0.5) is 26.4 Å². The Hall–Kier alpha value is -5.20. The normalized spacial score (nSPS) is 16.3. The van der Waals surface area contributed by atoms with Crippen molar-refractivity contribution in [1.82, 2.24) is 29.5 Å². The molecule has 3 aromatic heterocycles. The molecule has 2 aliphatic rings. The van der Waals surface area contributed by atoms with Gasteiger partial charge in [-0.05, 0) is 57.5 Å². The summed E-state index contributed by atoms with van der Waals surface area (Å²) < 4.78 is 35.2. The summed E-state index contributed by atoms with van der Waals surface area (Å²) in [5, 5.41) is 7.87. The molecule has 226 valence electrons. The van der Waals surface area contributed by atoms with Crippen molar-refractivity contribution in [3.63, 3.8) is 0 Å². The van der Waals surface area contributed by atoms with Crippen LogP contribution in [0.2, 0.25) is 0 Å². The highest BCUT2D eigenvalue weighted by molar-refractivity contribution is 6.00. The molecule has 0 unspecified atom stereocenters. The summed E-state index contributed by atoms with van der Waals surface area (Å²) in [6.45, 7) is 9.36. The smallest absolute Gasteiger partial charge is 0.410 e. The third kappa shape index (κ3) is 5.14. The lowest BCUT2D eigenvalue weighted by Crippen LogP contribution is -2.57. The van der Waals surface area contributed by atoms with E-state index in [0.29, 0.717) is 64.8 Å². The molecule has 1 amide bonds. The van der Waals surface area contributed by atoms with E-state index < -0.39 is 11.4 Å². The number of nitrogens with zero attached hydrogens (tertiary/aromatic N) is 7. The van der Waals surface area contributed by atoms with E-state index in [1.807, 2.05) is 39.8 Å². The predicted molar refractivity (Wildman–Crippen MR) is 161 cm³/mol. The summed E-state index contributed by atoms with van der Waals surface area (Å²) >= 11 is 0. The summed E-state index contributed by atoms with van der Waals surface area (Å²) in [6, 6.07) is 10.1. The topological polar surface area (TPSA) is 119 Å². The summed E-state index contributed by atoms with van der Waals surface area (Å²) in [5.74, 6) is 1.35. The van der Waals surface area contributed by atoms with Crippen LogP contribution in [0.5, 0.6) is 17.2 Å².